The lowest BCUT2D eigenvalue weighted by atomic mass is 9.48. The molecule has 37 heavy (non-hydrogen) atoms. The van der Waals surface area contributed by atoms with Crippen LogP contribution in [-0.2, 0) is 23.2 Å². The molecule has 4 fully saturated rings. The first kappa shape index (κ1) is 24.0. The third kappa shape index (κ3) is 4.84. The molecule has 0 saturated heterocycles. The van der Waals surface area contributed by atoms with Crippen LogP contribution in [0.3, 0.4) is 0 Å². The van der Waals surface area contributed by atoms with Crippen molar-refractivity contribution in [3.63, 3.8) is 0 Å². The van der Waals surface area contributed by atoms with Crippen molar-refractivity contribution < 1.29 is 14.6 Å². The highest BCUT2D eigenvalue weighted by molar-refractivity contribution is 5.86. The van der Waals surface area contributed by atoms with Crippen LogP contribution in [0, 0.1) is 17.8 Å². The van der Waals surface area contributed by atoms with Gasteiger partial charge in [-0.15, -0.1) is 0 Å². The fourth-order valence-corrected chi connectivity index (χ4v) is 7.86. The molecule has 0 radical (unpaired) electrons. The predicted octanol–water partition coefficient (Wildman–Crippen LogP) is 8.06. The van der Waals surface area contributed by atoms with Crippen molar-refractivity contribution in [1.82, 2.24) is 0 Å². The maximum Gasteiger partial charge on any atom is 0.328 e. The Hall–Kier alpha value is -3.33. The summed E-state index contributed by atoms with van der Waals surface area (Å²) in [4.78, 5) is 11.1. The highest BCUT2D eigenvalue weighted by Gasteiger charge is 2.52. The molecule has 0 aliphatic heterocycles. The largest absolute Gasteiger partial charge is 0.489 e. The zero-order valence-corrected chi connectivity index (χ0v) is 21.7. The lowest BCUT2D eigenvalue weighted by molar-refractivity contribution is -0.131. The first-order valence-electron chi connectivity index (χ1n) is 13.9. The average molecular weight is 493 g/mol. The quantitative estimate of drug-likeness (QED) is 0.324. The fourth-order valence-electron chi connectivity index (χ4n) is 7.86. The van der Waals surface area contributed by atoms with Crippen molar-refractivity contribution in [2.45, 2.75) is 63.9 Å². The zero-order valence-electron chi connectivity index (χ0n) is 21.7. The summed E-state index contributed by atoms with van der Waals surface area (Å²) in [5.74, 6) is 2.67. The molecule has 3 heteroatoms. The molecule has 0 spiro atoms. The summed E-state index contributed by atoms with van der Waals surface area (Å²) in [6, 6.07) is 23.6. The summed E-state index contributed by atoms with van der Waals surface area (Å²) < 4.78 is 6.57. The van der Waals surface area contributed by atoms with Crippen molar-refractivity contribution in [1.29, 1.82) is 0 Å². The van der Waals surface area contributed by atoms with Gasteiger partial charge in [0.05, 0.1) is 0 Å². The van der Waals surface area contributed by atoms with E-state index >= 15 is 0 Å². The van der Waals surface area contributed by atoms with Crippen LogP contribution < -0.4 is 4.74 Å². The van der Waals surface area contributed by atoms with Crippen LogP contribution in [0.5, 0.6) is 5.75 Å². The lowest BCUT2D eigenvalue weighted by Crippen LogP contribution is -2.48. The molecule has 4 aliphatic carbocycles. The number of carboxylic acid groups (broad SMARTS) is 1. The van der Waals surface area contributed by atoms with E-state index in [1.807, 2.05) is 12.1 Å². The molecule has 190 valence electrons. The van der Waals surface area contributed by atoms with E-state index in [0.717, 1.165) is 35.5 Å². The monoisotopic (exact) mass is 492 g/mol. The van der Waals surface area contributed by atoms with Crippen molar-refractivity contribution in [2.24, 2.45) is 17.8 Å². The molecule has 0 aromatic heterocycles. The summed E-state index contributed by atoms with van der Waals surface area (Å²) >= 11 is 0. The molecule has 0 heterocycles. The second-order valence-electron chi connectivity index (χ2n) is 11.6. The SMILES string of the molecule is CCc1ccc(C=CC(=O)O)cc1-c1ccc(OCc2ccccc2)c(C23CC4CC(CC(C4)C2)C3)c1. The van der Waals surface area contributed by atoms with Crippen molar-refractivity contribution in [3.8, 4) is 16.9 Å². The molecule has 0 atom stereocenters. The summed E-state index contributed by atoms with van der Waals surface area (Å²) in [6.45, 7) is 2.76. The summed E-state index contributed by atoms with van der Waals surface area (Å²) in [7, 11) is 0. The van der Waals surface area contributed by atoms with Crippen molar-refractivity contribution in [2.75, 3.05) is 0 Å². The Labute approximate surface area is 220 Å². The van der Waals surface area contributed by atoms with Crippen LogP contribution in [-0.4, -0.2) is 11.1 Å². The number of carbonyl (C=O) groups is 1. The van der Waals surface area contributed by atoms with E-state index in [1.54, 1.807) is 6.08 Å². The second kappa shape index (κ2) is 9.85. The van der Waals surface area contributed by atoms with Gasteiger partial charge >= 0.3 is 5.97 Å². The topological polar surface area (TPSA) is 46.5 Å². The van der Waals surface area contributed by atoms with Gasteiger partial charge in [0.2, 0.25) is 0 Å². The van der Waals surface area contributed by atoms with E-state index in [-0.39, 0.29) is 5.41 Å². The molecule has 4 bridgehead atoms. The van der Waals surface area contributed by atoms with Crippen LogP contribution in [0.15, 0.2) is 72.8 Å². The minimum atomic E-state index is -0.926. The number of aliphatic carboxylic acids is 1. The maximum atomic E-state index is 11.1. The highest BCUT2D eigenvalue weighted by atomic mass is 16.5. The Morgan fingerprint density at radius 1 is 0.946 bits per heavy atom. The van der Waals surface area contributed by atoms with E-state index < -0.39 is 5.97 Å². The standard InChI is InChI=1S/C34H36O3/c1-2-28-10-8-23(9-13-33(35)36)17-30(28)29-11-12-32(37-22-24-6-4-3-5-7-24)31(18-29)34-19-25-14-26(20-34)16-27(15-25)21-34/h3-13,17-18,25-27H,2,14-16,19-22H2,1H3,(H,35,36). The number of rotatable bonds is 8. The average Bonchev–Trinajstić information content (AvgIpc) is 2.90. The van der Waals surface area contributed by atoms with Gasteiger partial charge in [-0.2, -0.15) is 0 Å². The van der Waals surface area contributed by atoms with Gasteiger partial charge in [-0.1, -0.05) is 55.5 Å². The summed E-state index contributed by atoms with van der Waals surface area (Å²) in [5.41, 5.74) is 7.39. The van der Waals surface area contributed by atoms with Gasteiger partial charge in [0, 0.05) is 11.6 Å². The Kier molecular flexibility index (Phi) is 6.40. The zero-order chi connectivity index (χ0) is 25.4. The van der Waals surface area contributed by atoms with Crippen molar-refractivity contribution >= 4 is 12.0 Å². The minimum Gasteiger partial charge on any atom is -0.489 e. The normalized spacial score (nSPS) is 26.0. The van der Waals surface area contributed by atoms with E-state index in [2.05, 4.69) is 61.5 Å². The van der Waals surface area contributed by atoms with Crippen LogP contribution in [0.25, 0.3) is 17.2 Å². The number of aryl methyl sites for hydroxylation is 1. The van der Waals surface area contributed by atoms with Gasteiger partial charge in [-0.3, -0.25) is 0 Å². The fraction of sp³-hybridized carbons (Fsp3) is 0.382. The highest BCUT2D eigenvalue weighted by Crippen LogP contribution is 2.62. The number of hydrogen-bond donors (Lipinski definition) is 1. The number of carboxylic acids is 1. The molecular formula is C34H36O3. The third-order valence-electron chi connectivity index (χ3n) is 9.07. The van der Waals surface area contributed by atoms with Crippen LogP contribution in [0.2, 0.25) is 0 Å². The molecule has 4 aliphatic rings. The Morgan fingerprint density at radius 3 is 2.30 bits per heavy atom. The number of ether oxygens (including phenoxy) is 1. The maximum absolute atomic E-state index is 11.1. The molecule has 3 aromatic rings. The van der Waals surface area contributed by atoms with Gasteiger partial charge < -0.3 is 9.84 Å². The summed E-state index contributed by atoms with van der Waals surface area (Å²) in [6.07, 6.45) is 11.9. The minimum absolute atomic E-state index is 0.212. The van der Waals surface area contributed by atoms with E-state index in [4.69, 9.17) is 9.84 Å². The van der Waals surface area contributed by atoms with Gasteiger partial charge in [0.25, 0.3) is 0 Å². The number of benzene rings is 3. The molecule has 0 amide bonds. The van der Waals surface area contributed by atoms with Gasteiger partial charge in [0.15, 0.2) is 0 Å². The lowest BCUT2D eigenvalue weighted by Gasteiger charge is -2.57. The Balaban J connectivity index is 1.42. The van der Waals surface area contributed by atoms with Crippen LogP contribution >= 0.6 is 0 Å². The second-order valence-corrected chi connectivity index (χ2v) is 11.6. The Morgan fingerprint density at radius 2 is 1.65 bits per heavy atom. The van der Waals surface area contributed by atoms with Gasteiger partial charge in [-0.25, -0.2) is 4.79 Å². The molecule has 1 N–H and O–H groups in total. The number of hydrogen-bond acceptors (Lipinski definition) is 2. The smallest absolute Gasteiger partial charge is 0.328 e. The predicted molar refractivity (Wildman–Crippen MR) is 149 cm³/mol. The van der Waals surface area contributed by atoms with E-state index in [9.17, 15) is 4.79 Å². The molecule has 7 rings (SSSR count). The molecule has 4 saturated carbocycles. The first-order chi connectivity index (χ1) is 18.0. The van der Waals surface area contributed by atoms with Crippen LogP contribution in [0.4, 0.5) is 0 Å². The molecule has 0 unspecified atom stereocenters. The van der Waals surface area contributed by atoms with Gasteiger partial charge in [-0.05, 0) is 120 Å². The van der Waals surface area contributed by atoms with E-state index in [1.165, 1.54) is 72.4 Å². The molecular weight excluding hydrogens is 456 g/mol. The molecule has 3 nitrogen and oxygen atoms in total. The Bertz CT molecular complexity index is 1280. The summed E-state index contributed by atoms with van der Waals surface area (Å²) in [5, 5.41) is 9.11. The van der Waals surface area contributed by atoms with Crippen molar-refractivity contribution in [3.05, 3.63) is 95.1 Å². The van der Waals surface area contributed by atoms with Crippen LogP contribution in [0.1, 0.15) is 67.7 Å². The van der Waals surface area contributed by atoms with E-state index in [0.29, 0.717) is 6.61 Å². The first-order valence-corrected chi connectivity index (χ1v) is 13.9. The molecule has 3 aromatic carbocycles. The third-order valence-corrected chi connectivity index (χ3v) is 9.07. The van der Waals surface area contributed by atoms with Gasteiger partial charge in [0.1, 0.15) is 12.4 Å².